The summed E-state index contributed by atoms with van der Waals surface area (Å²) in [6.07, 6.45) is 0. The number of aryl methyl sites for hydroxylation is 1. The molecule has 0 spiro atoms. The molecule has 0 aliphatic heterocycles. The predicted octanol–water partition coefficient (Wildman–Crippen LogP) is 6.42. The zero-order valence-corrected chi connectivity index (χ0v) is 18.5. The molecule has 33 heavy (non-hydrogen) atoms. The van der Waals surface area contributed by atoms with Crippen LogP contribution in [0.25, 0.3) is 0 Å². The van der Waals surface area contributed by atoms with Gasteiger partial charge in [-0.2, -0.15) is 0 Å². The van der Waals surface area contributed by atoms with Gasteiger partial charge in [0.2, 0.25) is 0 Å². The van der Waals surface area contributed by atoms with Gasteiger partial charge in [0.15, 0.2) is 6.61 Å². The van der Waals surface area contributed by atoms with E-state index in [1.54, 1.807) is 0 Å². The van der Waals surface area contributed by atoms with Gasteiger partial charge in [-0.15, -0.1) is 0 Å². The maximum Gasteiger partial charge on any atom is 0.262 e. The van der Waals surface area contributed by atoms with E-state index in [0.29, 0.717) is 12.3 Å². The highest BCUT2D eigenvalue weighted by Crippen LogP contribution is 2.23. The maximum absolute atomic E-state index is 12.1. The molecule has 4 aromatic rings. The quantitative estimate of drug-likeness (QED) is 0.317. The fraction of sp³-hybridized carbons (Fsp3) is 0.107. The molecule has 2 N–H and O–H groups in total. The number of rotatable bonds is 9. The van der Waals surface area contributed by atoms with Crippen LogP contribution in [0.15, 0.2) is 103 Å². The third kappa shape index (κ3) is 6.87. The van der Waals surface area contributed by atoms with E-state index in [4.69, 9.17) is 9.47 Å². The largest absolute Gasteiger partial charge is 0.484 e. The van der Waals surface area contributed by atoms with E-state index < -0.39 is 0 Å². The highest BCUT2D eigenvalue weighted by Gasteiger charge is 2.04. The van der Waals surface area contributed by atoms with E-state index in [9.17, 15) is 4.79 Å². The van der Waals surface area contributed by atoms with Gasteiger partial charge in [-0.1, -0.05) is 42.5 Å². The molecule has 0 aliphatic carbocycles. The summed E-state index contributed by atoms with van der Waals surface area (Å²) >= 11 is 0. The molecule has 0 saturated heterocycles. The number of amides is 1. The smallest absolute Gasteiger partial charge is 0.262 e. The van der Waals surface area contributed by atoms with Crippen molar-refractivity contribution in [2.45, 2.75) is 13.5 Å². The number of nitrogens with one attached hydrogen (secondary N) is 2. The standard InChI is InChI=1S/C28H26N2O3/c1-21-6-5-7-24(18-21)30-28(31)20-32-25-14-10-22(11-15-25)19-29-23-12-16-27(17-13-23)33-26-8-3-2-4-9-26/h2-18,29H,19-20H2,1H3,(H,30,31). The van der Waals surface area contributed by atoms with Crippen LogP contribution in [0.1, 0.15) is 11.1 Å². The highest BCUT2D eigenvalue weighted by atomic mass is 16.5. The number of anilines is 2. The third-order valence-corrected chi connectivity index (χ3v) is 4.92. The Kier molecular flexibility index (Phi) is 7.23. The summed E-state index contributed by atoms with van der Waals surface area (Å²) in [6, 6.07) is 32.9. The Morgan fingerprint density at radius 2 is 1.42 bits per heavy atom. The number of carbonyl (C=O) groups excluding carboxylic acids is 1. The minimum Gasteiger partial charge on any atom is -0.484 e. The van der Waals surface area contributed by atoms with Crippen LogP contribution in [0.5, 0.6) is 17.2 Å². The molecule has 1 amide bonds. The monoisotopic (exact) mass is 438 g/mol. The molecule has 0 heterocycles. The molecule has 0 aliphatic rings. The summed E-state index contributed by atoms with van der Waals surface area (Å²) in [5, 5.41) is 6.23. The van der Waals surface area contributed by atoms with Crippen LogP contribution in [-0.2, 0) is 11.3 Å². The van der Waals surface area contributed by atoms with Gasteiger partial charge in [0.05, 0.1) is 0 Å². The Bertz CT molecular complexity index is 1170. The minimum absolute atomic E-state index is 0.0388. The molecule has 5 heteroatoms. The predicted molar refractivity (Wildman–Crippen MR) is 132 cm³/mol. The van der Waals surface area contributed by atoms with Crippen LogP contribution in [0.3, 0.4) is 0 Å². The summed E-state index contributed by atoms with van der Waals surface area (Å²) in [5.41, 5.74) is 3.97. The molecule has 5 nitrogen and oxygen atoms in total. The van der Waals surface area contributed by atoms with Crippen molar-refractivity contribution in [3.63, 3.8) is 0 Å². The van der Waals surface area contributed by atoms with Crippen LogP contribution in [0, 0.1) is 6.92 Å². The maximum atomic E-state index is 12.1. The first-order valence-corrected chi connectivity index (χ1v) is 10.8. The van der Waals surface area contributed by atoms with Gasteiger partial charge in [0.25, 0.3) is 5.91 Å². The number of carbonyl (C=O) groups is 1. The number of ether oxygens (including phenoxy) is 2. The molecular formula is C28H26N2O3. The van der Waals surface area contributed by atoms with E-state index >= 15 is 0 Å². The Labute approximate surface area is 194 Å². The van der Waals surface area contributed by atoms with Crippen molar-refractivity contribution in [2.24, 2.45) is 0 Å². The van der Waals surface area contributed by atoms with E-state index in [1.807, 2.05) is 110 Å². The zero-order chi connectivity index (χ0) is 22.9. The van der Waals surface area contributed by atoms with Crippen LogP contribution in [0.2, 0.25) is 0 Å². The number of hydrogen-bond acceptors (Lipinski definition) is 4. The van der Waals surface area contributed by atoms with Crippen molar-refractivity contribution in [1.82, 2.24) is 0 Å². The van der Waals surface area contributed by atoms with Gasteiger partial charge in [-0.3, -0.25) is 4.79 Å². The van der Waals surface area contributed by atoms with Crippen LogP contribution < -0.4 is 20.1 Å². The first-order chi connectivity index (χ1) is 16.1. The Morgan fingerprint density at radius 1 is 0.727 bits per heavy atom. The summed E-state index contributed by atoms with van der Waals surface area (Å²) < 4.78 is 11.4. The zero-order valence-electron chi connectivity index (χ0n) is 18.5. The van der Waals surface area contributed by atoms with E-state index in [0.717, 1.165) is 34.0 Å². The van der Waals surface area contributed by atoms with Gasteiger partial charge in [0.1, 0.15) is 17.2 Å². The van der Waals surface area contributed by atoms with Crippen molar-refractivity contribution in [3.8, 4) is 17.2 Å². The third-order valence-electron chi connectivity index (χ3n) is 4.92. The molecular weight excluding hydrogens is 412 g/mol. The molecule has 0 saturated carbocycles. The Balaban J connectivity index is 1.22. The molecule has 166 valence electrons. The fourth-order valence-corrected chi connectivity index (χ4v) is 3.24. The average Bonchev–Trinajstić information content (AvgIpc) is 2.84. The highest BCUT2D eigenvalue weighted by molar-refractivity contribution is 5.91. The van der Waals surface area contributed by atoms with Crippen molar-refractivity contribution in [1.29, 1.82) is 0 Å². The van der Waals surface area contributed by atoms with Crippen molar-refractivity contribution < 1.29 is 14.3 Å². The SMILES string of the molecule is Cc1cccc(NC(=O)COc2ccc(CNc3ccc(Oc4ccccc4)cc3)cc2)c1. The van der Waals surface area contributed by atoms with E-state index in [1.165, 1.54) is 0 Å². The lowest BCUT2D eigenvalue weighted by Gasteiger charge is -2.10. The van der Waals surface area contributed by atoms with Crippen molar-refractivity contribution in [2.75, 3.05) is 17.2 Å². The lowest BCUT2D eigenvalue weighted by molar-refractivity contribution is -0.118. The van der Waals surface area contributed by atoms with Crippen LogP contribution in [0.4, 0.5) is 11.4 Å². The van der Waals surface area contributed by atoms with E-state index in [-0.39, 0.29) is 12.5 Å². The van der Waals surface area contributed by atoms with Gasteiger partial charge < -0.3 is 20.1 Å². The van der Waals surface area contributed by atoms with Gasteiger partial charge >= 0.3 is 0 Å². The first-order valence-electron chi connectivity index (χ1n) is 10.8. The Morgan fingerprint density at radius 3 is 2.15 bits per heavy atom. The lowest BCUT2D eigenvalue weighted by Crippen LogP contribution is -2.20. The van der Waals surface area contributed by atoms with Gasteiger partial charge in [-0.05, 0) is 78.7 Å². The second kappa shape index (κ2) is 10.9. The minimum atomic E-state index is -0.189. The van der Waals surface area contributed by atoms with Crippen molar-refractivity contribution >= 4 is 17.3 Å². The normalized spacial score (nSPS) is 10.3. The molecule has 4 rings (SSSR count). The topological polar surface area (TPSA) is 59.6 Å². The fourth-order valence-electron chi connectivity index (χ4n) is 3.24. The number of benzene rings is 4. The molecule has 0 fully saturated rings. The first kappa shape index (κ1) is 22.0. The average molecular weight is 439 g/mol. The Hall–Kier alpha value is -4.25. The second-order valence-electron chi connectivity index (χ2n) is 7.64. The van der Waals surface area contributed by atoms with E-state index in [2.05, 4.69) is 10.6 Å². The summed E-state index contributed by atoms with van der Waals surface area (Å²) in [4.78, 5) is 12.1. The summed E-state index contributed by atoms with van der Waals surface area (Å²) in [7, 11) is 0. The molecule has 4 aromatic carbocycles. The van der Waals surface area contributed by atoms with Gasteiger partial charge in [-0.25, -0.2) is 0 Å². The van der Waals surface area contributed by atoms with Crippen LogP contribution in [-0.4, -0.2) is 12.5 Å². The number of para-hydroxylation sites is 1. The lowest BCUT2D eigenvalue weighted by atomic mass is 10.2. The number of hydrogen-bond donors (Lipinski definition) is 2. The van der Waals surface area contributed by atoms with Crippen molar-refractivity contribution in [3.05, 3.63) is 114 Å². The summed E-state index contributed by atoms with van der Waals surface area (Å²) in [6.45, 7) is 2.62. The van der Waals surface area contributed by atoms with Gasteiger partial charge in [0, 0.05) is 17.9 Å². The second-order valence-corrected chi connectivity index (χ2v) is 7.64. The van der Waals surface area contributed by atoms with Crippen LogP contribution >= 0.6 is 0 Å². The summed E-state index contributed by atoms with van der Waals surface area (Å²) in [5.74, 6) is 2.07. The molecule has 0 radical (unpaired) electrons. The molecule has 0 atom stereocenters. The molecule has 0 aromatic heterocycles. The molecule has 0 unspecified atom stereocenters. The molecule has 0 bridgehead atoms.